The molecule has 1 N–H and O–H groups in total. The number of amides is 1. The van der Waals surface area contributed by atoms with Crippen LogP contribution >= 0.6 is 0 Å². The molecule has 1 fully saturated rings. The van der Waals surface area contributed by atoms with Crippen LogP contribution in [0.1, 0.15) is 19.8 Å². The van der Waals surface area contributed by atoms with E-state index in [9.17, 15) is 14.7 Å². The Morgan fingerprint density at radius 2 is 2.00 bits per heavy atom. The first-order valence-electron chi connectivity index (χ1n) is 7.23. The topological polar surface area (TPSA) is 76.1 Å². The molecule has 1 amide bonds. The van der Waals surface area contributed by atoms with E-state index in [0.717, 1.165) is 0 Å². The van der Waals surface area contributed by atoms with E-state index in [2.05, 4.69) is 0 Å². The molecule has 0 saturated carbocycles. The molecule has 0 aromatic heterocycles. The smallest absolute Gasteiger partial charge is 0.311 e. The number of para-hydroxylation sites is 2. The molecule has 0 bridgehead atoms. The Balaban J connectivity index is 1.83. The fourth-order valence-electron chi connectivity index (χ4n) is 2.49. The van der Waals surface area contributed by atoms with Crippen molar-refractivity contribution in [3.05, 3.63) is 24.3 Å². The Labute approximate surface area is 129 Å². The van der Waals surface area contributed by atoms with Gasteiger partial charge in [0.05, 0.1) is 25.6 Å². The minimum Gasteiger partial charge on any atom is -0.493 e. The highest BCUT2D eigenvalue weighted by Gasteiger charge is 2.41. The van der Waals surface area contributed by atoms with Crippen LogP contribution < -0.4 is 9.47 Å². The molecule has 0 aliphatic carbocycles. The molecule has 1 aromatic carbocycles. The lowest BCUT2D eigenvalue weighted by atomic mass is 9.90. The third-order valence-electron chi connectivity index (χ3n) is 3.98. The summed E-state index contributed by atoms with van der Waals surface area (Å²) in [7, 11) is 1.56. The van der Waals surface area contributed by atoms with Crippen LogP contribution in [0.2, 0.25) is 0 Å². The number of benzene rings is 1. The second-order valence-electron chi connectivity index (χ2n) is 5.68. The van der Waals surface area contributed by atoms with E-state index in [1.54, 1.807) is 31.1 Å². The Kier molecular flexibility index (Phi) is 4.90. The summed E-state index contributed by atoms with van der Waals surface area (Å²) in [6.45, 7) is 2.65. The number of nitrogens with zero attached hydrogens (tertiary/aromatic N) is 1. The SMILES string of the molecule is COc1ccccc1OCCC(=O)N1CCC(C)(C(=O)O)C1. The molecule has 6 heteroatoms. The first-order chi connectivity index (χ1) is 10.5. The van der Waals surface area contributed by atoms with Crippen LogP contribution in [0.4, 0.5) is 0 Å². The van der Waals surface area contributed by atoms with Crippen molar-refractivity contribution < 1.29 is 24.2 Å². The summed E-state index contributed by atoms with van der Waals surface area (Å²) in [5.41, 5.74) is -0.834. The second kappa shape index (κ2) is 6.68. The van der Waals surface area contributed by atoms with Gasteiger partial charge in [0, 0.05) is 13.1 Å². The van der Waals surface area contributed by atoms with Gasteiger partial charge in [0.2, 0.25) is 5.91 Å². The predicted molar refractivity (Wildman–Crippen MR) is 80.0 cm³/mol. The number of rotatable bonds is 6. The Morgan fingerprint density at radius 1 is 1.32 bits per heavy atom. The number of carboxylic acid groups (broad SMARTS) is 1. The van der Waals surface area contributed by atoms with Gasteiger partial charge in [0.25, 0.3) is 0 Å². The first kappa shape index (κ1) is 16.1. The number of aliphatic carboxylic acids is 1. The van der Waals surface area contributed by atoms with Crippen molar-refractivity contribution in [1.82, 2.24) is 4.90 Å². The molecule has 0 spiro atoms. The highest BCUT2D eigenvalue weighted by molar-refractivity contribution is 5.80. The lowest BCUT2D eigenvalue weighted by Gasteiger charge is -2.20. The number of carbonyl (C=O) groups is 2. The zero-order valence-electron chi connectivity index (χ0n) is 12.9. The van der Waals surface area contributed by atoms with Crippen molar-refractivity contribution in [3.63, 3.8) is 0 Å². The van der Waals surface area contributed by atoms with Crippen LogP contribution in [-0.2, 0) is 9.59 Å². The van der Waals surface area contributed by atoms with Gasteiger partial charge >= 0.3 is 5.97 Å². The van der Waals surface area contributed by atoms with Crippen LogP contribution in [0.5, 0.6) is 11.5 Å². The highest BCUT2D eigenvalue weighted by atomic mass is 16.5. The summed E-state index contributed by atoms with van der Waals surface area (Å²) in [6, 6.07) is 7.24. The number of hydrogen-bond acceptors (Lipinski definition) is 4. The van der Waals surface area contributed by atoms with Gasteiger partial charge in [-0.05, 0) is 25.5 Å². The normalized spacial score (nSPS) is 20.7. The molecular weight excluding hydrogens is 286 g/mol. The van der Waals surface area contributed by atoms with Crippen molar-refractivity contribution >= 4 is 11.9 Å². The molecule has 22 heavy (non-hydrogen) atoms. The van der Waals surface area contributed by atoms with E-state index in [4.69, 9.17) is 9.47 Å². The van der Waals surface area contributed by atoms with Crippen molar-refractivity contribution in [2.45, 2.75) is 19.8 Å². The molecule has 1 heterocycles. The van der Waals surface area contributed by atoms with E-state index in [1.807, 2.05) is 12.1 Å². The first-order valence-corrected chi connectivity index (χ1v) is 7.23. The number of ether oxygens (including phenoxy) is 2. The molecule has 6 nitrogen and oxygen atoms in total. The Morgan fingerprint density at radius 3 is 2.59 bits per heavy atom. The van der Waals surface area contributed by atoms with Crippen LogP contribution in [0.15, 0.2) is 24.3 Å². The summed E-state index contributed by atoms with van der Waals surface area (Å²) in [6.07, 6.45) is 0.704. The monoisotopic (exact) mass is 307 g/mol. The van der Waals surface area contributed by atoms with Crippen LogP contribution in [-0.4, -0.2) is 48.7 Å². The molecule has 1 atom stereocenters. The molecule has 2 rings (SSSR count). The molecule has 0 radical (unpaired) electrons. The van der Waals surface area contributed by atoms with Gasteiger partial charge in [-0.25, -0.2) is 0 Å². The quantitative estimate of drug-likeness (QED) is 0.867. The van der Waals surface area contributed by atoms with Crippen molar-refractivity contribution in [3.8, 4) is 11.5 Å². The highest BCUT2D eigenvalue weighted by Crippen LogP contribution is 2.30. The molecule has 1 saturated heterocycles. The maximum absolute atomic E-state index is 12.1. The van der Waals surface area contributed by atoms with Crippen LogP contribution in [0.25, 0.3) is 0 Å². The van der Waals surface area contributed by atoms with Gasteiger partial charge < -0.3 is 19.5 Å². The fraction of sp³-hybridized carbons (Fsp3) is 0.500. The van der Waals surface area contributed by atoms with E-state index in [1.165, 1.54) is 0 Å². The Hall–Kier alpha value is -2.24. The summed E-state index contributed by atoms with van der Waals surface area (Å²) in [5.74, 6) is 0.275. The standard InChI is InChI=1S/C16H21NO5/c1-16(15(19)20)8-9-17(11-16)14(18)7-10-22-13-6-4-3-5-12(13)21-2/h3-6H,7-11H2,1-2H3,(H,19,20). The predicted octanol–water partition coefficient (Wildman–Crippen LogP) is 1.79. The minimum absolute atomic E-state index is 0.0835. The maximum atomic E-state index is 12.1. The third kappa shape index (κ3) is 3.50. The molecule has 1 aliphatic heterocycles. The van der Waals surface area contributed by atoms with Gasteiger partial charge in [-0.15, -0.1) is 0 Å². The van der Waals surface area contributed by atoms with Gasteiger partial charge in [-0.2, -0.15) is 0 Å². The number of carbonyl (C=O) groups excluding carboxylic acids is 1. The summed E-state index contributed by atoms with van der Waals surface area (Å²) < 4.78 is 10.7. The van der Waals surface area contributed by atoms with Crippen molar-refractivity contribution in [1.29, 1.82) is 0 Å². The summed E-state index contributed by atoms with van der Waals surface area (Å²) in [4.78, 5) is 24.9. The number of carboxylic acids is 1. The lowest BCUT2D eigenvalue weighted by Crippen LogP contribution is -2.35. The Bertz CT molecular complexity index is 559. The number of likely N-dealkylation sites (tertiary alicyclic amines) is 1. The zero-order chi connectivity index (χ0) is 16.2. The van der Waals surface area contributed by atoms with Crippen molar-refractivity contribution in [2.24, 2.45) is 5.41 Å². The van der Waals surface area contributed by atoms with Gasteiger partial charge in [0.1, 0.15) is 0 Å². The molecule has 1 unspecified atom stereocenters. The fourth-order valence-corrected chi connectivity index (χ4v) is 2.49. The minimum atomic E-state index is -0.854. The van der Waals surface area contributed by atoms with E-state index >= 15 is 0 Å². The van der Waals surface area contributed by atoms with E-state index < -0.39 is 11.4 Å². The molecular formula is C16H21NO5. The lowest BCUT2D eigenvalue weighted by molar-refractivity contribution is -0.147. The largest absolute Gasteiger partial charge is 0.493 e. The molecule has 1 aromatic rings. The summed E-state index contributed by atoms with van der Waals surface area (Å²) in [5, 5.41) is 9.18. The molecule has 1 aliphatic rings. The van der Waals surface area contributed by atoms with Gasteiger partial charge in [0.15, 0.2) is 11.5 Å². The number of methoxy groups -OCH3 is 1. The number of hydrogen-bond donors (Lipinski definition) is 1. The third-order valence-corrected chi connectivity index (χ3v) is 3.98. The van der Waals surface area contributed by atoms with Gasteiger partial charge in [-0.3, -0.25) is 9.59 Å². The maximum Gasteiger partial charge on any atom is 0.311 e. The van der Waals surface area contributed by atoms with Crippen LogP contribution in [0.3, 0.4) is 0 Å². The van der Waals surface area contributed by atoms with E-state index in [0.29, 0.717) is 24.5 Å². The average molecular weight is 307 g/mol. The van der Waals surface area contributed by atoms with Crippen molar-refractivity contribution in [2.75, 3.05) is 26.8 Å². The molecule has 120 valence electrons. The second-order valence-corrected chi connectivity index (χ2v) is 5.68. The van der Waals surface area contributed by atoms with Gasteiger partial charge in [-0.1, -0.05) is 12.1 Å². The summed E-state index contributed by atoms with van der Waals surface area (Å²) >= 11 is 0. The zero-order valence-corrected chi connectivity index (χ0v) is 12.9. The van der Waals surface area contributed by atoms with E-state index in [-0.39, 0.29) is 25.5 Å². The van der Waals surface area contributed by atoms with Crippen LogP contribution in [0, 0.1) is 5.41 Å². The average Bonchev–Trinajstić information content (AvgIpc) is 2.92.